The van der Waals surface area contributed by atoms with Gasteiger partial charge in [0.05, 0.1) is 17.1 Å². The third-order valence-electron chi connectivity index (χ3n) is 5.87. The second-order valence-corrected chi connectivity index (χ2v) is 11.2. The Labute approximate surface area is 205 Å². The van der Waals surface area contributed by atoms with E-state index in [2.05, 4.69) is 0 Å². The summed E-state index contributed by atoms with van der Waals surface area (Å²) in [5, 5.41) is 9.64. The van der Waals surface area contributed by atoms with Crippen LogP contribution in [-0.2, 0) is 14.8 Å². The molecular formula is C24H29ClN2O6S. The molecule has 1 N–H and O–H groups in total. The van der Waals surface area contributed by atoms with Crippen LogP contribution in [0.1, 0.15) is 37.0 Å². The van der Waals surface area contributed by atoms with E-state index in [0.29, 0.717) is 37.6 Å². The van der Waals surface area contributed by atoms with Crippen molar-refractivity contribution in [3.63, 3.8) is 0 Å². The number of amides is 1. The molecule has 0 atom stereocenters. The summed E-state index contributed by atoms with van der Waals surface area (Å²) >= 11 is 5.87. The SMILES string of the molecule is CC(C)(CCCOc1ccc(Cl)cc1)C(=O)N1CCN(S(=O)(=O)c2ccc(C(=O)O)cc2)CC1. The van der Waals surface area contributed by atoms with Crippen molar-refractivity contribution in [1.29, 1.82) is 0 Å². The van der Waals surface area contributed by atoms with Gasteiger partial charge >= 0.3 is 5.97 Å². The first-order chi connectivity index (χ1) is 16.0. The molecule has 0 aliphatic carbocycles. The van der Waals surface area contributed by atoms with Gasteiger partial charge in [0.25, 0.3) is 0 Å². The first kappa shape index (κ1) is 26.0. The van der Waals surface area contributed by atoms with Crippen LogP contribution in [-0.4, -0.2) is 67.4 Å². The van der Waals surface area contributed by atoms with Crippen LogP contribution in [0.2, 0.25) is 5.02 Å². The molecule has 0 radical (unpaired) electrons. The molecule has 0 bridgehead atoms. The van der Waals surface area contributed by atoms with E-state index >= 15 is 0 Å². The monoisotopic (exact) mass is 508 g/mol. The number of carboxylic acids is 1. The van der Waals surface area contributed by atoms with E-state index in [-0.39, 0.29) is 29.5 Å². The van der Waals surface area contributed by atoms with Crippen molar-refractivity contribution in [2.24, 2.45) is 5.41 Å². The number of piperazine rings is 1. The highest BCUT2D eigenvalue weighted by molar-refractivity contribution is 7.89. The Balaban J connectivity index is 1.50. The molecule has 8 nitrogen and oxygen atoms in total. The Hall–Kier alpha value is -2.62. The molecule has 1 heterocycles. The molecule has 1 amide bonds. The maximum Gasteiger partial charge on any atom is 0.335 e. The van der Waals surface area contributed by atoms with E-state index in [1.54, 1.807) is 29.2 Å². The molecular weight excluding hydrogens is 480 g/mol. The third-order valence-corrected chi connectivity index (χ3v) is 8.04. The Kier molecular flexibility index (Phi) is 8.22. The minimum atomic E-state index is -3.76. The predicted molar refractivity (Wildman–Crippen MR) is 129 cm³/mol. The van der Waals surface area contributed by atoms with Gasteiger partial charge in [0.1, 0.15) is 5.75 Å². The van der Waals surface area contributed by atoms with E-state index in [0.717, 1.165) is 5.75 Å². The zero-order valence-electron chi connectivity index (χ0n) is 19.2. The van der Waals surface area contributed by atoms with Gasteiger partial charge in [0, 0.05) is 36.6 Å². The number of hydrogen-bond donors (Lipinski definition) is 1. The molecule has 0 spiro atoms. The maximum absolute atomic E-state index is 13.1. The quantitative estimate of drug-likeness (QED) is 0.517. The van der Waals surface area contributed by atoms with Crippen LogP contribution in [0.15, 0.2) is 53.4 Å². The Bertz CT molecular complexity index is 1110. The van der Waals surface area contributed by atoms with Crippen LogP contribution in [0.5, 0.6) is 5.75 Å². The highest BCUT2D eigenvalue weighted by Gasteiger charge is 2.36. The number of nitrogens with zero attached hydrogens (tertiary/aromatic N) is 2. The second-order valence-electron chi connectivity index (χ2n) is 8.82. The number of aromatic carboxylic acids is 1. The zero-order valence-corrected chi connectivity index (χ0v) is 20.8. The molecule has 184 valence electrons. The third kappa shape index (κ3) is 6.28. The molecule has 2 aromatic carbocycles. The number of benzene rings is 2. The van der Waals surface area contributed by atoms with Crippen molar-refractivity contribution in [2.75, 3.05) is 32.8 Å². The van der Waals surface area contributed by atoms with Gasteiger partial charge in [-0.15, -0.1) is 0 Å². The zero-order chi connectivity index (χ0) is 24.9. The van der Waals surface area contributed by atoms with Crippen LogP contribution >= 0.6 is 11.6 Å². The first-order valence-electron chi connectivity index (χ1n) is 11.0. The van der Waals surface area contributed by atoms with Gasteiger partial charge in [-0.05, 0) is 61.4 Å². The molecule has 10 heteroatoms. The lowest BCUT2D eigenvalue weighted by atomic mass is 9.86. The van der Waals surface area contributed by atoms with E-state index in [4.69, 9.17) is 21.4 Å². The summed E-state index contributed by atoms with van der Waals surface area (Å²) < 4.78 is 32.9. The van der Waals surface area contributed by atoms with E-state index in [1.165, 1.54) is 28.6 Å². The number of rotatable bonds is 9. The van der Waals surface area contributed by atoms with E-state index in [1.807, 2.05) is 13.8 Å². The van der Waals surface area contributed by atoms with Crippen molar-refractivity contribution in [3.05, 3.63) is 59.1 Å². The summed E-state index contributed by atoms with van der Waals surface area (Å²) in [6.07, 6.45) is 1.33. The van der Waals surface area contributed by atoms with Gasteiger partial charge < -0.3 is 14.7 Å². The fraction of sp³-hybridized carbons (Fsp3) is 0.417. The fourth-order valence-corrected chi connectivity index (χ4v) is 5.37. The molecule has 0 aromatic heterocycles. The number of carbonyl (C=O) groups excluding carboxylic acids is 1. The first-order valence-corrected chi connectivity index (χ1v) is 12.8. The number of carboxylic acid groups (broad SMARTS) is 1. The van der Waals surface area contributed by atoms with E-state index < -0.39 is 21.4 Å². The Morgan fingerprint density at radius 2 is 1.59 bits per heavy atom. The average molecular weight is 509 g/mol. The normalized spacial score (nSPS) is 15.2. The number of halogens is 1. The largest absolute Gasteiger partial charge is 0.494 e. The fourth-order valence-electron chi connectivity index (χ4n) is 3.82. The lowest BCUT2D eigenvalue weighted by Gasteiger charge is -2.38. The standard InChI is InChI=1S/C24H29ClN2O6S/c1-24(2,12-3-17-33-20-8-6-19(25)7-9-20)23(30)26-13-15-27(16-14-26)34(31,32)21-10-4-18(5-11-21)22(28)29/h4-11H,3,12-17H2,1-2H3,(H,28,29). The smallest absolute Gasteiger partial charge is 0.335 e. The predicted octanol–water partition coefficient (Wildman–Crippen LogP) is 3.76. The van der Waals surface area contributed by atoms with Crippen LogP contribution in [0.3, 0.4) is 0 Å². The summed E-state index contributed by atoms with van der Waals surface area (Å²) in [5.41, 5.74) is -0.577. The average Bonchev–Trinajstić information content (AvgIpc) is 2.82. The molecule has 3 rings (SSSR count). The number of carbonyl (C=O) groups is 2. The Morgan fingerprint density at radius 3 is 2.15 bits per heavy atom. The topological polar surface area (TPSA) is 104 Å². The molecule has 34 heavy (non-hydrogen) atoms. The molecule has 0 unspecified atom stereocenters. The van der Waals surface area contributed by atoms with Gasteiger partial charge in [-0.2, -0.15) is 4.31 Å². The summed E-state index contributed by atoms with van der Waals surface area (Å²) in [6, 6.07) is 12.3. The van der Waals surface area contributed by atoms with Crippen LogP contribution < -0.4 is 4.74 Å². The van der Waals surface area contributed by atoms with Crippen LogP contribution in [0.4, 0.5) is 0 Å². The molecule has 1 aliphatic heterocycles. The van der Waals surface area contributed by atoms with Crippen molar-refractivity contribution in [2.45, 2.75) is 31.6 Å². The summed E-state index contributed by atoms with van der Waals surface area (Å²) in [6.45, 7) is 5.24. The minimum absolute atomic E-state index is 0.0122. The van der Waals surface area contributed by atoms with E-state index in [9.17, 15) is 18.0 Å². The molecule has 2 aromatic rings. The van der Waals surface area contributed by atoms with Crippen molar-refractivity contribution < 1.29 is 27.9 Å². The second kappa shape index (κ2) is 10.8. The van der Waals surface area contributed by atoms with Gasteiger partial charge in [-0.25, -0.2) is 13.2 Å². The number of ether oxygens (including phenoxy) is 1. The van der Waals surface area contributed by atoms with Gasteiger partial charge in [-0.3, -0.25) is 4.79 Å². The summed E-state index contributed by atoms with van der Waals surface area (Å²) in [4.78, 5) is 25.8. The minimum Gasteiger partial charge on any atom is -0.494 e. The molecule has 1 fully saturated rings. The van der Waals surface area contributed by atoms with Crippen LogP contribution in [0.25, 0.3) is 0 Å². The van der Waals surface area contributed by atoms with Crippen molar-refractivity contribution >= 4 is 33.5 Å². The lowest BCUT2D eigenvalue weighted by Crippen LogP contribution is -2.53. The van der Waals surface area contributed by atoms with Crippen molar-refractivity contribution in [1.82, 2.24) is 9.21 Å². The number of sulfonamides is 1. The summed E-state index contributed by atoms with van der Waals surface area (Å²) in [5.74, 6) is -0.402. The molecule has 0 saturated carbocycles. The molecule has 1 aliphatic rings. The highest BCUT2D eigenvalue weighted by atomic mass is 35.5. The van der Waals surface area contributed by atoms with Gasteiger partial charge in [0.2, 0.25) is 15.9 Å². The Morgan fingerprint density at radius 1 is 1.00 bits per heavy atom. The van der Waals surface area contributed by atoms with Gasteiger partial charge in [0.15, 0.2) is 0 Å². The van der Waals surface area contributed by atoms with Gasteiger partial charge in [-0.1, -0.05) is 25.4 Å². The maximum atomic E-state index is 13.1. The van der Waals surface area contributed by atoms with Crippen LogP contribution in [0, 0.1) is 5.41 Å². The highest BCUT2D eigenvalue weighted by Crippen LogP contribution is 2.27. The van der Waals surface area contributed by atoms with Crippen molar-refractivity contribution in [3.8, 4) is 5.75 Å². The summed E-state index contributed by atoms with van der Waals surface area (Å²) in [7, 11) is -3.76. The number of hydrogen-bond acceptors (Lipinski definition) is 5. The lowest BCUT2D eigenvalue weighted by molar-refractivity contribution is -0.142. The molecule has 1 saturated heterocycles.